The summed E-state index contributed by atoms with van der Waals surface area (Å²) >= 11 is 0. The van der Waals surface area contributed by atoms with Gasteiger partial charge in [0.1, 0.15) is 6.04 Å². The minimum atomic E-state index is -0.527. The average Bonchev–Trinajstić information content (AvgIpc) is 3.26. The molecule has 0 spiro atoms. The number of hydrogen-bond acceptors (Lipinski definition) is 2. The number of amides is 2. The summed E-state index contributed by atoms with van der Waals surface area (Å²) in [5.41, 5.74) is 3.85. The first-order valence-corrected chi connectivity index (χ1v) is 12.0. The zero-order valence-electron chi connectivity index (χ0n) is 20.3. The Bertz CT molecular complexity index is 1160. The molecule has 0 bridgehead atoms. The van der Waals surface area contributed by atoms with E-state index in [4.69, 9.17) is 0 Å². The van der Waals surface area contributed by atoms with E-state index in [1.807, 2.05) is 48.3 Å². The smallest absolute Gasteiger partial charge is 0.255 e. The van der Waals surface area contributed by atoms with Gasteiger partial charge in [0.2, 0.25) is 5.91 Å². The van der Waals surface area contributed by atoms with Crippen LogP contribution >= 0.6 is 0 Å². The quantitative estimate of drug-likeness (QED) is 0.511. The third-order valence-corrected chi connectivity index (χ3v) is 6.57. The lowest BCUT2D eigenvalue weighted by Gasteiger charge is -2.34. The number of aromatic nitrogens is 1. The van der Waals surface area contributed by atoms with Crippen molar-refractivity contribution >= 4 is 22.7 Å². The van der Waals surface area contributed by atoms with Crippen LogP contribution in [0.2, 0.25) is 0 Å². The molecule has 3 aromatic rings. The molecule has 2 unspecified atom stereocenters. The number of rotatable bonds is 8. The second kappa shape index (κ2) is 9.42. The van der Waals surface area contributed by atoms with Crippen molar-refractivity contribution < 1.29 is 9.59 Å². The number of carbonyl (C=O) groups is 2. The molecule has 0 fully saturated rings. The summed E-state index contributed by atoms with van der Waals surface area (Å²) < 4.78 is 2.11. The maximum absolute atomic E-state index is 13.8. The Morgan fingerprint density at radius 2 is 1.67 bits per heavy atom. The Balaban J connectivity index is 1.81. The number of nitrogens with one attached hydrogen (secondary N) is 1. The molecule has 2 atom stereocenters. The molecule has 5 nitrogen and oxygen atoms in total. The largest absolute Gasteiger partial charge is 0.354 e. The molecule has 2 heterocycles. The topological polar surface area (TPSA) is 54.3 Å². The predicted octanol–water partition coefficient (Wildman–Crippen LogP) is 5.30. The Hall–Kier alpha value is -3.08. The molecule has 0 radical (unpaired) electrons. The molecule has 0 saturated carbocycles. The minimum absolute atomic E-state index is 0.0595. The molecular formula is C28H35N3O2. The van der Waals surface area contributed by atoms with Gasteiger partial charge in [0.15, 0.2) is 0 Å². The van der Waals surface area contributed by atoms with Crippen LogP contribution in [0, 0.1) is 11.8 Å². The molecule has 2 amide bonds. The molecular weight excluding hydrogens is 410 g/mol. The van der Waals surface area contributed by atoms with Gasteiger partial charge in [0.25, 0.3) is 5.91 Å². The summed E-state index contributed by atoms with van der Waals surface area (Å²) in [5, 5.41) is 4.23. The van der Waals surface area contributed by atoms with E-state index in [0.29, 0.717) is 24.4 Å². The number of fused-ring (bicyclic) bond motifs is 2. The Morgan fingerprint density at radius 1 is 0.970 bits per heavy atom. The maximum Gasteiger partial charge on any atom is 0.255 e. The molecule has 2 aromatic carbocycles. The van der Waals surface area contributed by atoms with Gasteiger partial charge in [-0.2, -0.15) is 0 Å². The Labute approximate surface area is 196 Å². The van der Waals surface area contributed by atoms with E-state index < -0.39 is 6.04 Å². The number of nitrogens with zero attached hydrogens (tertiary/aromatic N) is 2. The molecule has 1 aliphatic heterocycles. The molecule has 33 heavy (non-hydrogen) atoms. The van der Waals surface area contributed by atoms with Crippen LogP contribution in [-0.2, 0) is 11.8 Å². The van der Waals surface area contributed by atoms with Crippen molar-refractivity contribution in [3.05, 3.63) is 71.4 Å². The van der Waals surface area contributed by atoms with Crippen molar-refractivity contribution in [2.45, 2.75) is 52.6 Å². The van der Waals surface area contributed by atoms with Gasteiger partial charge >= 0.3 is 0 Å². The number of carbonyl (C=O) groups excluding carboxylic acids is 2. The number of benzene rings is 2. The molecule has 174 valence electrons. The maximum atomic E-state index is 13.8. The van der Waals surface area contributed by atoms with Crippen molar-refractivity contribution in [1.82, 2.24) is 14.8 Å². The molecule has 1 N–H and O–H groups in total. The normalized spacial score (nSPS) is 16.6. The summed E-state index contributed by atoms with van der Waals surface area (Å²) in [6.07, 6.45) is 3.65. The molecule has 1 aromatic heterocycles. The predicted molar refractivity (Wildman–Crippen MR) is 133 cm³/mol. The van der Waals surface area contributed by atoms with Gasteiger partial charge in [0, 0.05) is 41.8 Å². The second-order valence-electron chi connectivity index (χ2n) is 10.0. The fraction of sp³-hybridized carbons (Fsp3) is 0.429. The standard InChI is InChI=1S/C28H35N3O2/c1-18(2)14-15-29-27(32)25(16-19(3)4)31-26(21-11-6-7-12-22(21)28(31)33)23-17-30(5)24-13-9-8-10-20(23)24/h6-13,17-19,25-26H,14-16H2,1-5H3,(H,29,32). The summed E-state index contributed by atoms with van der Waals surface area (Å²) in [6, 6.07) is 15.2. The number of hydrogen-bond donors (Lipinski definition) is 1. The van der Waals surface area contributed by atoms with Gasteiger partial charge < -0.3 is 14.8 Å². The van der Waals surface area contributed by atoms with Crippen LogP contribution in [0.1, 0.15) is 68.1 Å². The van der Waals surface area contributed by atoms with E-state index in [1.54, 1.807) is 0 Å². The van der Waals surface area contributed by atoms with E-state index >= 15 is 0 Å². The highest BCUT2D eigenvalue weighted by atomic mass is 16.2. The summed E-state index contributed by atoms with van der Waals surface area (Å²) in [6.45, 7) is 9.13. The van der Waals surface area contributed by atoms with Crippen LogP contribution < -0.4 is 5.32 Å². The fourth-order valence-electron chi connectivity index (χ4n) is 4.96. The van der Waals surface area contributed by atoms with Crippen LogP contribution in [0.4, 0.5) is 0 Å². The zero-order valence-corrected chi connectivity index (χ0v) is 20.3. The van der Waals surface area contributed by atoms with Gasteiger partial charge in [0.05, 0.1) is 6.04 Å². The lowest BCUT2D eigenvalue weighted by Crippen LogP contribution is -2.49. The fourth-order valence-corrected chi connectivity index (χ4v) is 4.96. The summed E-state index contributed by atoms with van der Waals surface area (Å²) in [7, 11) is 2.03. The van der Waals surface area contributed by atoms with Gasteiger partial charge in [-0.05, 0) is 42.4 Å². The van der Waals surface area contributed by atoms with E-state index in [-0.39, 0.29) is 23.8 Å². The first-order chi connectivity index (χ1) is 15.8. The molecule has 1 aliphatic rings. The minimum Gasteiger partial charge on any atom is -0.354 e. The average molecular weight is 446 g/mol. The third-order valence-electron chi connectivity index (χ3n) is 6.57. The van der Waals surface area contributed by atoms with Crippen molar-refractivity contribution in [3.63, 3.8) is 0 Å². The van der Waals surface area contributed by atoms with E-state index in [1.165, 1.54) is 0 Å². The summed E-state index contributed by atoms with van der Waals surface area (Å²) in [4.78, 5) is 29.1. The molecule has 5 heteroatoms. The van der Waals surface area contributed by atoms with E-state index in [9.17, 15) is 9.59 Å². The highest BCUT2D eigenvalue weighted by molar-refractivity contribution is 6.03. The van der Waals surface area contributed by atoms with Gasteiger partial charge in [-0.3, -0.25) is 9.59 Å². The zero-order chi connectivity index (χ0) is 23.7. The van der Waals surface area contributed by atoms with Crippen LogP contribution in [0.5, 0.6) is 0 Å². The third kappa shape index (κ3) is 4.41. The monoisotopic (exact) mass is 445 g/mol. The lowest BCUT2D eigenvalue weighted by atomic mass is 9.95. The van der Waals surface area contributed by atoms with Crippen LogP contribution in [-0.4, -0.2) is 33.9 Å². The SMILES string of the molecule is CC(C)CCNC(=O)C(CC(C)C)N1C(=O)c2ccccc2C1c1cn(C)c2ccccc12. The van der Waals surface area contributed by atoms with Crippen molar-refractivity contribution in [1.29, 1.82) is 0 Å². The van der Waals surface area contributed by atoms with E-state index in [0.717, 1.165) is 28.5 Å². The Morgan fingerprint density at radius 3 is 2.39 bits per heavy atom. The highest BCUT2D eigenvalue weighted by Gasteiger charge is 2.44. The first-order valence-electron chi connectivity index (χ1n) is 12.0. The van der Waals surface area contributed by atoms with Crippen molar-refractivity contribution in [2.75, 3.05) is 6.54 Å². The van der Waals surface area contributed by atoms with Crippen molar-refractivity contribution in [3.8, 4) is 0 Å². The van der Waals surface area contributed by atoms with Crippen LogP contribution in [0.25, 0.3) is 10.9 Å². The molecule has 0 aliphatic carbocycles. The Kier molecular flexibility index (Phi) is 6.59. The number of aryl methyl sites for hydroxylation is 1. The first kappa shape index (κ1) is 23.1. The lowest BCUT2D eigenvalue weighted by molar-refractivity contribution is -0.126. The van der Waals surface area contributed by atoms with Crippen LogP contribution in [0.3, 0.4) is 0 Å². The van der Waals surface area contributed by atoms with Gasteiger partial charge in [-0.1, -0.05) is 64.1 Å². The van der Waals surface area contributed by atoms with Crippen molar-refractivity contribution in [2.24, 2.45) is 18.9 Å². The van der Waals surface area contributed by atoms with E-state index in [2.05, 4.69) is 55.9 Å². The van der Waals surface area contributed by atoms with Gasteiger partial charge in [-0.25, -0.2) is 0 Å². The highest BCUT2D eigenvalue weighted by Crippen LogP contribution is 2.43. The number of para-hydroxylation sites is 1. The molecule has 0 saturated heterocycles. The molecule has 4 rings (SSSR count). The summed E-state index contributed by atoms with van der Waals surface area (Å²) in [5.74, 6) is 0.661. The van der Waals surface area contributed by atoms with Crippen LogP contribution in [0.15, 0.2) is 54.7 Å². The second-order valence-corrected chi connectivity index (χ2v) is 10.0. The van der Waals surface area contributed by atoms with Gasteiger partial charge in [-0.15, -0.1) is 0 Å².